The summed E-state index contributed by atoms with van der Waals surface area (Å²) in [6.45, 7) is 0.959. The number of hydrogen-bond acceptors (Lipinski definition) is 7. The average Bonchev–Trinajstić information content (AvgIpc) is 2.88. The van der Waals surface area contributed by atoms with Crippen LogP contribution in [-0.2, 0) is 32.0 Å². The highest BCUT2D eigenvalue weighted by Crippen LogP contribution is 2.11. The molecule has 11 nitrogen and oxygen atoms in total. The van der Waals surface area contributed by atoms with E-state index in [1.54, 1.807) is 12.1 Å². The Morgan fingerprint density at radius 1 is 0.919 bits per heavy atom. The summed E-state index contributed by atoms with van der Waals surface area (Å²) >= 11 is 0. The molecule has 11 heteroatoms. The van der Waals surface area contributed by atoms with E-state index in [1.807, 2.05) is 30.3 Å². The van der Waals surface area contributed by atoms with Crippen molar-refractivity contribution in [2.24, 2.45) is 5.73 Å². The molecule has 4 amide bonds. The van der Waals surface area contributed by atoms with Crippen molar-refractivity contribution in [2.45, 2.75) is 37.9 Å². The number of carbonyl (C=O) groups excluding carboxylic acids is 4. The summed E-state index contributed by atoms with van der Waals surface area (Å²) in [4.78, 5) is 51.5. The fourth-order valence-electron chi connectivity index (χ4n) is 3.51. The molecular weight excluding hydrogens is 478 g/mol. The highest BCUT2D eigenvalue weighted by Gasteiger charge is 2.25. The molecule has 0 fully saturated rings. The largest absolute Gasteiger partial charge is 0.508 e. The van der Waals surface area contributed by atoms with Crippen LogP contribution in [0.2, 0.25) is 0 Å². The Labute approximate surface area is 216 Å². The van der Waals surface area contributed by atoms with Crippen molar-refractivity contribution in [1.82, 2.24) is 20.9 Å². The van der Waals surface area contributed by atoms with Crippen LogP contribution in [0.15, 0.2) is 54.6 Å². The first-order valence-electron chi connectivity index (χ1n) is 11.9. The molecular formula is C26H35N5O6. The third-order valence-corrected chi connectivity index (χ3v) is 5.63. The summed E-state index contributed by atoms with van der Waals surface area (Å²) in [5.74, 6) is -1.99. The van der Waals surface area contributed by atoms with Gasteiger partial charge in [0.05, 0.1) is 19.2 Å². The number of rotatable bonds is 13. The highest BCUT2D eigenvalue weighted by molar-refractivity contribution is 5.93. The zero-order valence-electron chi connectivity index (χ0n) is 21.0. The lowest BCUT2D eigenvalue weighted by Crippen LogP contribution is -2.54. The lowest BCUT2D eigenvalue weighted by Gasteiger charge is -2.24. The van der Waals surface area contributed by atoms with Gasteiger partial charge in [-0.1, -0.05) is 42.5 Å². The van der Waals surface area contributed by atoms with Gasteiger partial charge in [-0.3, -0.25) is 19.2 Å². The number of aromatic hydroxyl groups is 1. The molecule has 3 atom stereocenters. The predicted octanol–water partition coefficient (Wildman–Crippen LogP) is -0.939. The first-order valence-corrected chi connectivity index (χ1v) is 11.9. The Morgan fingerprint density at radius 2 is 1.54 bits per heavy atom. The van der Waals surface area contributed by atoms with E-state index in [0.29, 0.717) is 0 Å². The third kappa shape index (κ3) is 9.90. The van der Waals surface area contributed by atoms with E-state index >= 15 is 0 Å². The van der Waals surface area contributed by atoms with Crippen LogP contribution < -0.4 is 21.7 Å². The fraction of sp³-hybridized carbons (Fsp3) is 0.385. The van der Waals surface area contributed by atoms with E-state index in [4.69, 9.17) is 10.8 Å². The van der Waals surface area contributed by atoms with Gasteiger partial charge in [-0.25, -0.2) is 0 Å². The summed E-state index contributed by atoms with van der Waals surface area (Å²) in [5.41, 5.74) is 7.51. The molecule has 0 aliphatic heterocycles. The minimum absolute atomic E-state index is 0.101. The zero-order chi connectivity index (χ0) is 27.4. The summed E-state index contributed by atoms with van der Waals surface area (Å²) in [7, 11) is 1.53. The number of phenolic OH excluding ortho intramolecular Hbond substituents is 1. The molecule has 0 aromatic heterocycles. The standard InChI is InChI=1S/C26H35N5O6/c1-17(29-25(36)21(27)14-19-8-10-20(33)11-9-19)24(35)28-16-23(34)30-22(26(37)31(2)12-13-32)15-18-6-4-3-5-7-18/h3-11,17,21-22,32-33H,12-16,27H2,1-2H3,(H,28,35)(H,29,36)(H,30,34)/t17-,21+,22+/m1/s1. The molecule has 0 saturated heterocycles. The van der Waals surface area contributed by atoms with Gasteiger partial charge in [0.15, 0.2) is 0 Å². The monoisotopic (exact) mass is 513 g/mol. The number of nitrogens with zero attached hydrogens (tertiary/aromatic N) is 1. The van der Waals surface area contributed by atoms with Crippen molar-refractivity contribution < 1.29 is 29.4 Å². The third-order valence-electron chi connectivity index (χ3n) is 5.63. The maximum absolute atomic E-state index is 12.8. The van der Waals surface area contributed by atoms with E-state index < -0.39 is 42.4 Å². The number of likely N-dealkylation sites (N-methyl/N-ethyl adjacent to an activating group) is 1. The Bertz CT molecular complexity index is 1050. The quantitative estimate of drug-likeness (QED) is 0.200. The Hall–Kier alpha value is -3.96. The number of hydrogen-bond donors (Lipinski definition) is 6. The lowest BCUT2D eigenvalue weighted by atomic mass is 10.0. The van der Waals surface area contributed by atoms with Gasteiger partial charge in [0.1, 0.15) is 17.8 Å². The maximum Gasteiger partial charge on any atom is 0.245 e. The van der Waals surface area contributed by atoms with Crippen molar-refractivity contribution in [2.75, 3.05) is 26.7 Å². The van der Waals surface area contributed by atoms with Gasteiger partial charge in [-0.2, -0.15) is 0 Å². The van der Waals surface area contributed by atoms with Crippen LogP contribution in [0.5, 0.6) is 5.75 Å². The molecule has 7 N–H and O–H groups in total. The van der Waals surface area contributed by atoms with Crippen LogP contribution in [0.1, 0.15) is 18.1 Å². The molecule has 2 aromatic carbocycles. The first-order chi connectivity index (χ1) is 17.6. The van der Waals surface area contributed by atoms with E-state index in [1.165, 1.54) is 31.0 Å². The molecule has 37 heavy (non-hydrogen) atoms. The lowest BCUT2D eigenvalue weighted by molar-refractivity contribution is -0.136. The summed E-state index contributed by atoms with van der Waals surface area (Å²) in [6.07, 6.45) is 0.449. The van der Waals surface area contributed by atoms with E-state index in [9.17, 15) is 24.3 Å². The molecule has 2 aromatic rings. The smallest absolute Gasteiger partial charge is 0.245 e. The van der Waals surface area contributed by atoms with Gasteiger partial charge in [0, 0.05) is 20.0 Å². The number of aliphatic hydroxyl groups excluding tert-OH is 1. The minimum atomic E-state index is -0.955. The van der Waals surface area contributed by atoms with Crippen molar-refractivity contribution in [3.05, 3.63) is 65.7 Å². The number of amides is 4. The van der Waals surface area contributed by atoms with Gasteiger partial charge in [0.25, 0.3) is 0 Å². The number of carbonyl (C=O) groups is 4. The summed E-state index contributed by atoms with van der Waals surface area (Å²) < 4.78 is 0. The normalized spacial score (nSPS) is 13.1. The predicted molar refractivity (Wildman–Crippen MR) is 137 cm³/mol. The Balaban J connectivity index is 1.87. The molecule has 200 valence electrons. The van der Waals surface area contributed by atoms with Crippen LogP contribution in [0, 0.1) is 0 Å². The molecule has 2 rings (SSSR count). The molecule has 0 heterocycles. The van der Waals surface area contributed by atoms with Gasteiger partial charge in [-0.15, -0.1) is 0 Å². The van der Waals surface area contributed by atoms with Gasteiger partial charge in [0.2, 0.25) is 23.6 Å². The Kier molecular flexibility index (Phi) is 11.5. The molecule has 0 unspecified atom stereocenters. The summed E-state index contributed by atoms with van der Waals surface area (Å²) in [5, 5.41) is 26.1. The van der Waals surface area contributed by atoms with Crippen molar-refractivity contribution in [3.63, 3.8) is 0 Å². The molecule has 0 bridgehead atoms. The molecule has 0 aliphatic rings. The maximum atomic E-state index is 12.8. The number of nitrogens with one attached hydrogen (secondary N) is 3. The van der Waals surface area contributed by atoms with Crippen LogP contribution in [0.3, 0.4) is 0 Å². The minimum Gasteiger partial charge on any atom is -0.508 e. The summed E-state index contributed by atoms with van der Waals surface area (Å²) in [6, 6.07) is 12.7. The van der Waals surface area contributed by atoms with Crippen LogP contribution in [-0.4, -0.2) is 83.6 Å². The number of benzene rings is 2. The molecule has 0 spiro atoms. The number of nitrogens with two attached hydrogens (primary N) is 1. The van der Waals surface area contributed by atoms with E-state index in [0.717, 1.165) is 11.1 Å². The molecule has 0 saturated carbocycles. The first kappa shape index (κ1) is 29.3. The van der Waals surface area contributed by atoms with Gasteiger partial charge in [-0.05, 0) is 36.6 Å². The van der Waals surface area contributed by atoms with E-state index in [-0.39, 0.29) is 37.6 Å². The SMILES string of the molecule is C[C@@H](NC(=O)[C@@H](N)Cc1ccc(O)cc1)C(=O)NCC(=O)N[C@@H](Cc1ccccc1)C(=O)N(C)CCO. The van der Waals surface area contributed by atoms with Crippen LogP contribution in [0.25, 0.3) is 0 Å². The van der Waals surface area contributed by atoms with Crippen molar-refractivity contribution >= 4 is 23.6 Å². The fourth-order valence-corrected chi connectivity index (χ4v) is 3.51. The highest BCUT2D eigenvalue weighted by atomic mass is 16.3. The molecule has 0 radical (unpaired) electrons. The zero-order valence-corrected chi connectivity index (χ0v) is 21.0. The van der Waals surface area contributed by atoms with Gasteiger partial charge >= 0.3 is 0 Å². The van der Waals surface area contributed by atoms with Gasteiger partial charge < -0.3 is 36.8 Å². The van der Waals surface area contributed by atoms with Crippen LogP contribution >= 0.6 is 0 Å². The number of aliphatic hydroxyl groups is 1. The van der Waals surface area contributed by atoms with E-state index in [2.05, 4.69) is 16.0 Å². The second-order valence-electron chi connectivity index (χ2n) is 8.72. The second kappa shape index (κ2) is 14.6. The van der Waals surface area contributed by atoms with Crippen molar-refractivity contribution in [1.29, 1.82) is 0 Å². The topological polar surface area (TPSA) is 174 Å². The number of phenols is 1. The van der Waals surface area contributed by atoms with Crippen LogP contribution in [0.4, 0.5) is 0 Å². The van der Waals surface area contributed by atoms with Crippen molar-refractivity contribution in [3.8, 4) is 5.75 Å². The average molecular weight is 514 g/mol. The second-order valence-corrected chi connectivity index (χ2v) is 8.72. The Morgan fingerprint density at radius 3 is 2.16 bits per heavy atom. The molecule has 0 aliphatic carbocycles.